The van der Waals surface area contributed by atoms with Gasteiger partial charge in [-0.2, -0.15) is 4.31 Å². The average molecular weight is 397 g/mol. The van der Waals surface area contributed by atoms with Crippen molar-refractivity contribution in [3.63, 3.8) is 0 Å². The van der Waals surface area contributed by atoms with Crippen molar-refractivity contribution in [1.29, 1.82) is 0 Å². The number of aromatic hydroxyl groups is 3. The standard InChI is InChI=1S/C21H19NO5S/c1-13-7-10-19(18(25)11-13)28(26,27)22-12-15-16(23)8-9-17(24)20(15)21(22)14-5-3-2-4-6-14/h2-11,21,23-25H,12H2,1H3. The number of sulfonamides is 1. The normalized spacial score (nSPS) is 16.8. The van der Waals surface area contributed by atoms with Crippen molar-refractivity contribution >= 4 is 10.0 Å². The molecule has 1 aliphatic heterocycles. The number of hydrogen-bond acceptors (Lipinski definition) is 5. The molecule has 0 radical (unpaired) electrons. The van der Waals surface area contributed by atoms with Crippen molar-refractivity contribution in [3.05, 3.63) is 82.9 Å². The monoisotopic (exact) mass is 397 g/mol. The number of benzene rings is 3. The number of phenols is 3. The largest absolute Gasteiger partial charge is 0.508 e. The van der Waals surface area contributed by atoms with Gasteiger partial charge in [-0.15, -0.1) is 0 Å². The molecule has 1 unspecified atom stereocenters. The molecule has 0 saturated carbocycles. The minimum absolute atomic E-state index is 0.0837. The fourth-order valence-corrected chi connectivity index (χ4v) is 5.29. The van der Waals surface area contributed by atoms with E-state index in [1.807, 2.05) is 6.07 Å². The third kappa shape index (κ3) is 2.80. The van der Waals surface area contributed by atoms with Crippen LogP contribution in [0.2, 0.25) is 0 Å². The van der Waals surface area contributed by atoms with E-state index in [1.54, 1.807) is 37.3 Å². The van der Waals surface area contributed by atoms with Crippen LogP contribution in [0.15, 0.2) is 65.6 Å². The molecule has 0 saturated heterocycles. The first-order chi connectivity index (χ1) is 13.3. The van der Waals surface area contributed by atoms with Gasteiger partial charge < -0.3 is 15.3 Å². The van der Waals surface area contributed by atoms with Crippen LogP contribution in [0, 0.1) is 6.92 Å². The van der Waals surface area contributed by atoms with Crippen LogP contribution in [-0.2, 0) is 16.6 Å². The number of nitrogens with zero attached hydrogens (tertiary/aromatic N) is 1. The Morgan fingerprint density at radius 2 is 1.57 bits per heavy atom. The second-order valence-corrected chi connectivity index (χ2v) is 8.69. The lowest BCUT2D eigenvalue weighted by Gasteiger charge is -2.25. The van der Waals surface area contributed by atoms with E-state index >= 15 is 0 Å². The summed E-state index contributed by atoms with van der Waals surface area (Å²) in [7, 11) is -4.12. The van der Waals surface area contributed by atoms with Gasteiger partial charge in [-0.3, -0.25) is 0 Å². The Kier molecular flexibility index (Phi) is 4.28. The predicted molar refractivity (Wildman–Crippen MR) is 104 cm³/mol. The maximum absolute atomic E-state index is 13.4. The zero-order chi connectivity index (χ0) is 20.1. The van der Waals surface area contributed by atoms with E-state index < -0.39 is 16.1 Å². The van der Waals surface area contributed by atoms with Crippen LogP contribution in [0.4, 0.5) is 0 Å². The molecule has 0 aliphatic carbocycles. The number of rotatable bonds is 3. The maximum atomic E-state index is 13.4. The van der Waals surface area contributed by atoms with Crippen molar-refractivity contribution in [1.82, 2.24) is 4.31 Å². The molecule has 7 heteroatoms. The van der Waals surface area contributed by atoms with E-state index in [2.05, 4.69) is 0 Å². The predicted octanol–water partition coefficient (Wildman–Crippen LogP) is 3.41. The van der Waals surface area contributed by atoms with E-state index in [0.29, 0.717) is 16.7 Å². The first-order valence-corrected chi connectivity index (χ1v) is 10.1. The molecular weight excluding hydrogens is 378 g/mol. The van der Waals surface area contributed by atoms with E-state index in [9.17, 15) is 23.7 Å². The lowest BCUT2D eigenvalue weighted by atomic mass is 9.97. The van der Waals surface area contributed by atoms with Gasteiger partial charge in [0.1, 0.15) is 22.1 Å². The summed E-state index contributed by atoms with van der Waals surface area (Å²) in [6.07, 6.45) is 0. The molecule has 144 valence electrons. The Morgan fingerprint density at radius 1 is 0.893 bits per heavy atom. The average Bonchev–Trinajstić information content (AvgIpc) is 3.08. The topological polar surface area (TPSA) is 98.1 Å². The van der Waals surface area contributed by atoms with Gasteiger partial charge in [0.05, 0.1) is 6.04 Å². The zero-order valence-electron chi connectivity index (χ0n) is 15.1. The Morgan fingerprint density at radius 3 is 2.25 bits per heavy atom. The van der Waals surface area contributed by atoms with Crippen LogP contribution >= 0.6 is 0 Å². The van der Waals surface area contributed by atoms with Gasteiger partial charge in [-0.05, 0) is 42.3 Å². The van der Waals surface area contributed by atoms with E-state index in [1.165, 1.54) is 28.6 Å². The van der Waals surface area contributed by atoms with Gasteiger partial charge in [0.25, 0.3) is 0 Å². The summed E-state index contributed by atoms with van der Waals surface area (Å²) in [5.41, 5.74) is 2.08. The molecule has 1 atom stereocenters. The zero-order valence-corrected chi connectivity index (χ0v) is 15.9. The van der Waals surface area contributed by atoms with Crippen LogP contribution in [0.1, 0.15) is 28.3 Å². The second kappa shape index (κ2) is 6.54. The molecule has 1 aliphatic rings. The summed E-state index contributed by atoms with van der Waals surface area (Å²) in [6.45, 7) is 1.63. The van der Waals surface area contributed by atoms with E-state index in [-0.39, 0.29) is 28.7 Å². The molecule has 0 spiro atoms. The van der Waals surface area contributed by atoms with Crippen LogP contribution in [0.25, 0.3) is 0 Å². The summed E-state index contributed by atoms with van der Waals surface area (Å²) in [4.78, 5) is -0.217. The quantitative estimate of drug-likeness (QED) is 0.589. The minimum atomic E-state index is -4.12. The summed E-state index contributed by atoms with van der Waals surface area (Å²) in [5.74, 6) is -0.511. The molecule has 0 bridgehead atoms. The highest BCUT2D eigenvalue weighted by molar-refractivity contribution is 7.89. The summed E-state index contributed by atoms with van der Waals surface area (Å²) in [6, 6.07) is 15.1. The Balaban J connectivity index is 1.93. The number of fused-ring (bicyclic) bond motifs is 1. The van der Waals surface area contributed by atoms with E-state index in [4.69, 9.17) is 0 Å². The maximum Gasteiger partial charge on any atom is 0.247 e. The third-order valence-corrected chi connectivity index (χ3v) is 6.86. The van der Waals surface area contributed by atoms with Gasteiger partial charge in [-0.25, -0.2) is 8.42 Å². The molecule has 3 aromatic carbocycles. The fraction of sp³-hybridized carbons (Fsp3) is 0.143. The lowest BCUT2D eigenvalue weighted by Crippen LogP contribution is -2.30. The fourth-order valence-electron chi connectivity index (χ4n) is 3.67. The third-order valence-electron chi connectivity index (χ3n) is 5.00. The summed E-state index contributed by atoms with van der Waals surface area (Å²) >= 11 is 0. The molecule has 3 aromatic rings. The molecule has 3 N–H and O–H groups in total. The number of aryl methyl sites for hydroxylation is 1. The van der Waals surface area contributed by atoms with Crippen molar-refractivity contribution in [2.75, 3.05) is 0 Å². The first-order valence-electron chi connectivity index (χ1n) is 8.71. The van der Waals surface area contributed by atoms with Crippen LogP contribution in [0.5, 0.6) is 17.2 Å². The highest BCUT2D eigenvalue weighted by atomic mass is 32.2. The highest BCUT2D eigenvalue weighted by Gasteiger charge is 2.43. The Hall–Kier alpha value is -3.03. The van der Waals surface area contributed by atoms with Crippen molar-refractivity contribution in [2.45, 2.75) is 24.4 Å². The van der Waals surface area contributed by atoms with Crippen LogP contribution in [-0.4, -0.2) is 28.0 Å². The van der Waals surface area contributed by atoms with Crippen LogP contribution in [0.3, 0.4) is 0 Å². The molecule has 0 amide bonds. The molecule has 1 heterocycles. The molecule has 28 heavy (non-hydrogen) atoms. The summed E-state index contributed by atoms with van der Waals surface area (Å²) < 4.78 is 28.1. The van der Waals surface area contributed by atoms with Crippen molar-refractivity contribution in [3.8, 4) is 17.2 Å². The van der Waals surface area contributed by atoms with Gasteiger partial charge >= 0.3 is 0 Å². The van der Waals surface area contributed by atoms with Crippen molar-refractivity contribution in [2.24, 2.45) is 0 Å². The Bertz CT molecular complexity index is 1160. The van der Waals surface area contributed by atoms with Gasteiger partial charge in [0.15, 0.2) is 0 Å². The van der Waals surface area contributed by atoms with Crippen LogP contribution < -0.4 is 0 Å². The molecule has 6 nitrogen and oxygen atoms in total. The number of hydrogen-bond donors (Lipinski definition) is 3. The van der Waals surface area contributed by atoms with Crippen molar-refractivity contribution < 1.29 is 23.7 Å². The van der Waals surface area contributed by atoms with Gasteiger partial charge in [-0.1, -0.05) is 36.4 Å². The summed E-state index contributed by atoms with van der Waals surface area (Å²) in [5, 5.41) is 31.0. The molecule has 0 fully saturated rings. The minimum Gasteiger partial charge on any atom is -0.508 e. The molecule has 4 rings (SSSR count). The van der Waals surface area contributed by atoms with Gasteiger partial charge in [0.2, 0.25) is 10.0 Å². The second-order valence-electron chi connectivity index (χ2n) is 6.83. The van der Waals surface area contributed by atoms with Gasteiger partial charge in [0, 0.05) is 17.7 Å². The molecular formula is C21H19NO5S. The molecule has 0 aromatic heterocycles. The van der Waals surface area contributed by atoms with E-state index in [0.717, 1.165) is 5.56 Å². The lowest BCUT2D eigenvalue weighted by molar-refractivity contribution is 0.374. The SMILES string of the molecule is Cc1ccc(S(=O)(=O)N2Cc3c(O)ccc(O)c3C2c2ccccc2)c(O)c1. The first kappa shape index (κ1) is 18.3. The smallest absolute Gasteiger partial charge is 0.247 e. The Labute approximate surface area is 163 Å². The highest BCUT2D eigenvalue weighted by Crippen LogP contribution is 2.49. The number of phenolic OH excluding ortho intramolecular Hbond substituents is 3.